The summed E-state index contributed by atoms with van der Waals surface area (Å²) in [6.07, 6.45) is 9.22. The highest BCUT2D eigenvalue weighted by atomic mass is 16.1. The summed E-state index contributed by atoms with van der Waals surface area (Å²) in [4.78, 5) is 21.5. The fourth-order valence-corrected chi connectivity index (χ4v) is 3.73. The summed E-state index contributed by atoms with van der Waals surface area (Å²) in [5, 5.41) is 3.41. The lowest BCUT2D eigenvalue weighted by molar-refractivity contribution is -0.121. The molecule has 1 saturated heterocycles. The number of hydrogen-bond acceptors (Lipinski definition) is 4. The van der Waals surface area contributed by atoms with Gasteiger partial charge < -0.3 is 20.9 Å². The Labute approximate surface area is 131 Å². The van der Waals surface area contributed by atoms with E-state index in [0.717, 1.165) is 31.6 Å². The van der Waals surface area contributed by atoms with Crippen LogP contribution in [0.2, 0.25) is 0 Å². The molecule has 3 rings (SSSR count). The van der Waals surface area contributed by atoms with E-state index in [1.807, 2.05) is 0 Å². The minimum absolute atomic E-state index is 0.140. The van der Waals surface area contributed by atoms with Crippen LogP contribution in [-0.2, 0) is 4.79 Å². The Morgan fingerprint density at radius 2 is 2.45 bits per heavy atom. The lowest BCUT2D eigenvalue weighted by Gasteiger charge is -2.33. The van der Waals surface area contributed by atoms with Crippen LogP contribution in [0.5, 0.6) is 0 Å². The second-order valence-corrected chi connectivity index (χ2v) is 6.76. The van der Waals surface area contributed by atoms with E-state index in [4.69, 9.17) is 5.73 Å². The number of piperidine rings is 1. The molecule has 0 radical (unpaired) electrons. The van der Waals surface area contributed by atoms with Crippen LogP contribution in [-0.4, -0.2) is 52.0 Å². The van der Waals surface area contributed by atoms with Crippen molar-refractivity contribution in [2.24, 2.45) is 5.73 Å². The fraction of sp³-hybridized carbons (Fsp3) is 0.750. The predicted molar refractivity (Wildman–Crippen MR) is 85.4 cm³/mol. The van der Waals surface area contributed by atoms with Crippen molar-refractivity contribution in [1.82, 2.24) is 20.2 Å². The van der Waals surface area contributed by atoms with Gasteiger partial charge in [0.05, 0.1) is 6.33 Å². The maximum atomic E-state index is 11.9. The molecule has 1 aliphatic carbocycles. The second kappa shape index (κ2) is 6.38. The highest BCUT2D eigenvalue weighted by Gasteiger charge is 2.60. The highest BCUT2D eigenvalue weighted by molar-refractivity contribution is 5.90. The third-order valence-corrected chi connectivity index (χ3v) is 5.30. The van der Waals surface area contributed by atoms with E-state index in [2.05, 4.69) is 27.1 Å². The number of nitrogens with two attached hydrogens (primary N) is 1. The van der Waals surface area contributed by atoms with Gasteiger partial charge in [-0.3, -0.25) is 4.79 Å². The molecule has 1 saturated carbocycles. The molecule has 0 aromatic carbocycles. The van der Waals surface area contributed by atoms with Crippen molar-refractivity contribution in [2.45, 2.75) is 56.5 Å². The summed E-state index contributed by atoms with van der Waals surface area (Å²) in [7, 11) is 0. The summed E-state index contributed by atoms with van der Waals surface area (Å²) in [5.74, 6) is -0.111. The summed E-state index contributed by atoms with van der Waals surface area (Å²) in [6, 6.07) is 0.692. The molecule has 2 aliphatic rings. The average Bonchev–Trinajstić information content (AvgIpc) is 3.00. The number of nitrogens with zero attached hydrogens (tertiary/aromatic N) is 2. The number of likely N-dealkylation sites (tertiary alicyclic amines) is 1. The normalized spacial score (nSPS) is 32.0. The number of hydrogen-bond donors (Lipinski definition) is 3. The Morgan fingerprint density at radius 3 is 3.14 bits per heavy atom. The van der Waals surface area contributed by atoms with Crippen LogP contribution in [0.25, 0.3) is 0 Å². The Bertz CT molecular complexity index is 503. The second-order valence-electron chi connectivity index (χ2n) is 6.76. The maximum absolute atomic E-state index is 11.9. The first kappa shape index (κ1) is 15.5. The van der Waals surface area contributed by atoms with Crippen molar-refractivity contribution in [3.8, 4) is 0 Å². The highest BCUT2D eigenvalue weighted by Crippen LogP contribution is 2.50. The molecule has 6 nitrogen and oxygen atoms in total. The zero-order valence-electron chi connectivity index (χ0n) is 13.3. The van der Waals surface area contributed by atoms with Crippen LogP contribution in [0.3, 0.4) is 0 Å². The average molecular weight is 305 g/mol. The minimum Gasteiger partial charge on any atom is -0.368 e. The Morgan fingerprint density at radius 1 is 1.59 bits per heavy atom. The van der Waals surface area contributed by atoms with Crippen molar-refractivity contribution < 1.29 is 4.79 Å². The van der Waals surface area contributed by atoms with E-state index in [1.165, 1.54) is 25.8 Å². The molecule has 6 heteroatoms. The van der Waals surface area contributed by atoms with E-state index < -0.39 is 5.54 Å². The third-order valence-electron chi connectivity index (χ3n) is 5.30. The summed E-state index contributed by atoms with van der Waals surface area (Å²) in [5.41, 5.74) is 6.06. The van der Waals surface area contributed by atoms with Gasteiger partial charge in [-0.15, -0.1) is 0 Å². The molecular formula is C16H27N5O. The van der Waals surface area contributed by atoms with Crippen molar-refractivity contribution in [2.75, 3.05) is 19.6 Å². The van der Waals surface area contributed by atoms with Crippen molar-refractivity contribution in [3.05, 3.63) is 18.2 Å². The van der Waals surface area contributed by atoms with E-state index in [-0.39, 0.29) is 11.8 Å². The number of primary amides is 1. The number of carbonyl (C=O) groups is 1. The van der Waals surface area contributed by atoms with Gasteiger partial charge in [0.1, 0.15) is 5.54 Å². The zero-order valence-corrected chi connectivity index (χ0v) is 13.3. The number of aromatic amines is 1. The SMILES string of the molecule is C[C@H]1CCCCN1CCCN[C@@]1(C(N)=O)C[C@@H]1c1cnc[nH]1. The quantitative estimate of drug-likeness (QED) is 0.655. The van der Waals surface area contributed by atoms with E-state index in [0.29, 0.717) is 6.04 Å². The van der Waals surface area contributed by atoms with Crippen molar-refractivity contribution >= 4 is 5.91 Å². The zero-order chi connectivity index (χ0) is 15.6. The lowest BCUT2D eigenvalue weighted by atomic mass is 10.0. The van der Waals surface area contributed by atoms with Crippen LogP contribution in [0, 0.1) is 0 Å². The summed E-state index contributed by atoms with van der Waals surface area (Å²) in [6.45, 7) is 5.44. The maximum Gasteiger partial charge on any atom is 0.238 e. The number of carbonyl (C=O) groups excluding carboxylic acids is 1. The number of nitrogens with one attached hydrogen (secondary N) is 2. The molecule has 4 N–H and O–H groups in total. The number of amides is 1. The van der Waals surface area contributed by atoms with Gasteiger partial charge in [-0.2, -0.15) is 0 Å². The predicted octanol–water partition coefficient (Wildman–Crippen LogP) is 0.975. The topological polar surface area (TPSA) is 87.0 Å². The van der Waals surface area contributed by atoms with Crippen LogP contribution in [0.1, 0.15) is 50.6 Å². The first-order valence-electron chi connectivity index (χ1n) is 8.41. The first-order valence-corrected chi connectivity index (χ1v) is 8.41. The third kappa shape index (κ3) is 3.03. The molecule has 2 heterocycles. The molecule has 1 amide bonds. The van der Waals surface area contributed by atoms with Gasteiger partial charge in [0.25, 0.3) is 0 Å². The molecule has 122 valence electrons. The largest absolute Gasteiger partial charge is 0.368 e. The van der Waals surface area contributed by atoms with Crippen LogP contribution < -0.4 is 11.1 Å². The van der Waals surface area contributed by atoms with E-state index in [1.54, 1.807) is 12.5 Å². The Hall–Kier alpha value is -1.40. The molecule has 0 spiro atoms. The number of imidazole rings is 1. The van der Waals surface area contributed by atoms with Gasteiger partial charge in [0.2, 0.25) is 5.91 Å². The van der Waals surface area contributed by atoms with Crippen LogP contribution in [0.4, 0.5) is 0 Å². The molecule has 1 aromatic heterocycles. The summed E-state index contributed by atoms with van der Waals surface area (Å²) >= 11 is 0. The molecule has 0 bridgehead atoms. The molecule has 0 unspecified atom stereocenters. The molecule has 1 aromatic rings. The minimum atomic E-state index is -0.569. The first-order chi connectivity index (χ1) is 10.6. The molecule has 1 aliphatic heterocycles. The molecule has 2 fully saturated rings. The molecular weight excluding hydrogens is 278 g/mol. The van der Waals surface area contributed by atoms with Gasteiger partial charge in [-0.05, 0) is 52.2 Å². The number of aromatic nitrogens is 2. The standard InChI is InChI=1S/C16H27N5O/c1-12-5-2-3-7-21(12)8-4-6-20-16(15(17)22)9-13(16)14-10-18-11-19-14/h10-13,20H,2-9H2,1H3,(H2,17,22)(H,18,19)/t12-,13+,16-/m0/s1. The van der Waals surface area contributed by atoms with Gasteiger partial charge in [0, 0.05) is 23.9 Å². The van der Waals surface area contributed by atoms with Gasteiger partial charge in [-0.25, -0.2) is 4.98 Å². The smallest absolute Gasteiger partial charge is 0.238 e. The van der Waals surface area contributed by atoms with Gasteiger partial charge in [-0.1, -0.05) is 6.42 Å². The van der Waals surface area contributed by atoms with Crippen LogP contribution >= 0.6 is 0 Å². The number of H-pyrrole nitrogens is 1. The van der Waals surface area contributed by atoms with E-state index in [9.17, 15) is 4.79 Å². The Kier molecular flexibility index (Phi) is 4.49. The monoisotopic (exact) mass is 305 g/mol. The van der Waals surface area contributed by atoms with E-state index >= 15 is 0 Å². The fourth-order valence-electron chi connectivity index (χ4n) is 3.73. The number of rotatable bonds is 7. The molecule has 3 atom stereocenters. The van der Waals surface area contributed by atoms with Crippen LogP contribution in [0.15, 0.2) is 12.5 Å². The van der Waals surface area contributed by atoms with Gasteiger partial charge >= 0.3 is 0 Å². The lowest BCUT2D eigenvalue weighted by Crippen LogP contribution is -2.46. The molecule has 22 heavy (non-hydrogen) atoms. The Balaban J connectivity index is 1.46. The van der Waals surface area contributed by atoms with Crippen molar-refractivity contribution in [3.63, 3.8) is 0 Å². The van der Waals surface area contributed by atoms with Crippen molar-refractivity contribution in [1.29, 1.82) is 0 Å². The summed E-state index contributed by atoms with van der Waals surface area (Å²) < 4.78 is 0. The van der Waals surface area contributed by atoms with Gasteiger partial charge in [0.15, 0.2) is 0 Å².